The number of ether oxygens (including phenoxy) is 3. The first-order chi connectivity index (χ1) is 11.1. The first kappa shape index (κ1) is 15.5. The third-order valence-corrected chi connectivity index (χ3v) is 4.37. The van der Waals surface area contributed by atoms with Gasteiger partial charge in [0.25, 0.3) is 5.91 Å². The number of hydrogen-bond donors (Lipinski definition) is 0. The lowest BCUT2D eigenvalue weighted by atomic mass is 10.0. The maximum atomic E-state index is 12.7. The molecule has 2 saturated heterocycles. The van der Waals surface area contributed by atoms with Gasteiger partial charge in [-0.3, -0.25) is 4.79 Å². The zero-order valence-electron chi connectivity index (χ0n) is 13.5. The largest absolute Gasteiger partial charge is 0.493 e. The lowest BCUT2D eigenvalue weighted by Gasteiger charge is -2.26. The number of nitrogens with zero attached hydrogens (tertiary/aromatic N) is 2. The second kappa shape index (κ2) is 5.98. The van der Waals surface area contributed by atoms with Crippen LogP contribution in [0.1, 0.15) is 19.3 Å². The van der Waals surface area contributed by atoms with Crippen LogP contribution in [0.4, 0.5) is 10.5 Å². The first-order valence-electron chi connectivity index (χ1n) is 7.57. The molecule has 0 aliphatic carbocycles. The molecule has 0 aromatic heterocycles. The highest BCUT2D eigenvalue weighted by atomic mass is 16.5. The third-order valence-electron chi connectivity index (χ3n) is 4.37. The number of hydrogen-bond acceptors (Lipinski definition) is 5. The van der Waals surface area contributed by atoms with Crippen molar-refractivity contribution in [3.63, 3.8) is 0 Å². The van der Waals surface area contributed by atoms with Gasteiger partial charge < -0.3 is 19.1 Å². The summed E-state index contributed by atoms with van der Waals surface area (Å²) < 4.78 is 16.0. The van der Waals surface area contributed by atoms with Crippen LogP contribution in [0, 0.1) is 0 Å². The lowest BCUT2D eigenvalue weighted by molar-refractivity contribution is -0.120. The van der Waals surface area contributed by atoms with Crippen molar-refractivity contribution in [2.75, 3.05) is 32.8 Å². The van der Waals surface area contributed by atoms with Crippen molar-refractivity contribution in [1.82, 2.24) is 4.90 Å². The maximum Gasteiger partial charge on any atom is 0.332 e. The molecule has 1 aromatic carbocycles. The van der Waals surface area contributed by atoms with E-state index in [1.165, 1.54) is 26.2 Å². The van der Waals surface area contributed by atoms with E-state index in [1.54, 1.807) is 17.0 Å². The Bertz CT molecular complexity index is 622. The standard InChI is InChI=1S/C16H20N2O5/c1-21-12-8-7-10(13(22-2)14(12)23-3)18-15(19)11-6-4-5-9-17(11)16(18)20/h7-8,11H,4-6,9H2,1-3H3/t11-/m1/s1. The molecular formula is C16H20N2O5. The zero-order valence-corrected chi connectivity index (χ0v) is 13.5. The van der Waals surface area contributed by atoms with Gasteiger partial charge in [0, 0.05) is 6.54 Å². The van der Waals surface area contributed by atoms with Crippen molar-refractivity contribution < 1.29 is 23.8 Å². The topological polar surface area (TPSA) is 68.3 Å². The molecule has 1 atom stereocenters. The third kappa shape index (κ3) is 2.27. The van der Waals surface area contributed by atoms with E-state index in [2.05, 4.69) is 0 Å². The fourth-order valence-electron chi connectivity index (χ4n) is 3.27. The highest BCUT2D eigenvalue weighted by Gasteiger charge is 2.47. The van der Waals surface area contributed by atoms with Gasteiger partial charge in [0.1, 0.15) is 6.04 Å². The number of carbonyl (C=O) groups is 2. The number of rotatable bonds is 4. The van der Waals surface area contributed by atoms with Gasteiger partial charge in [0.05, 0.1) is 27.0 Å². The summed E-state index contributed by atoms with van der Waals surface area (Å²) in [6.45, 7) is 0.612. The maximum absolute atomic E-state index is 12.7. The second-order valence-corrected chi connectivity index (χ2v) is 5.51. The van der Waals surface area contributed by atoms with Crippen LogP contribution in [0.15, 0.2) is 12.1 Å². The van der Waals surface area contributed by atoms with E-state index in [1.807, 2.05) is 0 Å². The van der Waals surface area contributed by atoms with Crippen LogP contribution in [-0.4, -0.2) is 50.8 Å². The molecule has 7 heteroatoms. The van der Waals surface area contributed by atoms with Crippen LogP contribution >= 0.6 is 0 Å². The average molecular weight is 320 g/mol. The van der Waals surface area contributed by atoms with Crippen LogP contribution in [-0.2, 0) is 4.79 Å². The molecule has 2 fully saturated rings. The quantitative estimate of drug-likeness (QED) is 0.794. The summed E-state index contributed by atoms with van der Waals surface area (Å²) in [6, 6.07) is 2.64. The molecule has 1 aromatic rings. The molecule has 2 aliphatic rings. The van der Waals surface area contributed by atoms with Crippen molar-refractivity contribution in [3.8, 4) is 17.2 Å². The number of urea groups is 1. The Labute approximate surface area is 134 Å². The molecule has 0 bridgehead atoms. The molecule has 0 saturated carbocycles. The van der Waals surface area contributed by atoms with E-state index in [0.29, 0.717) is 35.9 Å². The highest BCUT2D eigenvalue weighted by molar-refractivity contribution is 6.22. The Balaban J connectivity index is 2.07. The number of piperidine rings is 1. The Morgan fingerprint density at radius 1 is 1.00 bits per heavy atom. The number of imide groups is 1. The molecule has 3 amide bonds. The highest BCUT2D eigenvalue weighted by Crippen LogP contribution is 2.46. The Morgan fingerprint density at radius 3 is 2.35 bits per heavy atom. The number of methoxy groups -OCH3 is 3. The van der Waals surface area contributed by atoms with Gasteiger partial charge in [-0.15, -0.1) is 0 Å². The number of amides is 3. The number of fused-ring (bicyclic) bond motifs is 1. The molecule has 3 rings (SSSR count). The second-order valence-electron chi connectivity index (χ2n) is 5.51. The van der Waals surface area contributed by atoms with Crippen molar-refractivity contribution in [3.05, 3.63) is 12.1 Å². The molecule has 0 radical (unpaired) electrons. The van der Waals surface area contributed by atoms with Crippen LogP contribution in [0.5, 0.6) is 17.2 Å². The van der Waals surface area contributed by atoms with E-state index < -0.39 is 0 Å². The van der Waals surface area contributed by atoms with Crippen LogP contribution in [0.25, 0.3) is 0 Å². The molecule has 124 valence electrons. The SMILES string of the molecule is COc1ccc(N2C(=O)[C@H]3CCCCN3C2=O)c(OC)c1OC. The van der Waals surface area contributed by atoms with Crippen molar-refractivity contribution in [2.24, 2.45) is 0 Å². The van der Waals surface area contributed by atoms with Crippen molar-refractivity contribution >= 4 is 17.6 Å². The summed E-state index contributed by atoms with van der Waals surface area (Å²) in [5.74, 6) is 0.941. The minimum absolute atomic E-state index is 0.208. The van der Waals surface area contributed by atoms with E-state index >= 15 is 0 Å². The van der Waals surface area contributed by atoms with Gasteiger partial charge in [-0.2, -0.15) is 0 Å². The van der Waals surface area contributed by atoms with E-state index in [9.17, 15) is 9.59 Å². The number of anilines is 1. The minimum atomic E-state index is -0.367. The summed E-state index contributed by atoms with van der Waals surface area (Å²) in [6.07, 6.45) is 2.58. The van der Waals surface area contributed by atoms with Crippen molar-refractivity contribution in [2.45, 2.75) is 25.3 Å². The molecule has 0 spiro atoms. The van der Waals surface area contributed by atoms with Gasteiger partial charge in [0.2, 0.25) is 5.75 Å². The minimum Gasteiger partial charge on any atom is -0.493 e. The normalized spacial score (nSPS) is 20.6. The predicted molar refractivity (Wildman–Crippen MR) is 83.3 cm³/mol. The van der Waals surface area contributed by atoms with E-state index in [4.69, 9.17) is 14.2 Å². The zero-order chi connectivity index (χ0) is 16.6. The predicted octanol–water partition coefficient (Wildman–Crippen LogP) is 2.03. The van der Waals surface area contributed by atoms with Crippen LogP contribution in [0.2, 0.25) is 0 Å². The summed E-state index contributed by atoms with van der Waals surface area (Å²) in [5, 5.41) is 0. The van der Waals surface area contributed by atoms with Crippen molar-refractivity contribution in [1.29, 1.82) is 0 Å². The summed E-state index contributed by atoms with van der Waals surface area (Å²) in [5.41, 5.74) is 0.384. The Hall–Kier alpha value is -2.44. The summed E-state index contributed by atoms with van der Waals surface area (Å²) in [7, 11) is 4.48. The summed E-state index contributed by atoms with van der Waals surface area (Å²) >= 11 is 0. The molecule has 23 heavy (non-hydrogen) atoms. The molecule has 0 unspecified atom stereocenters. The number of carbonyl (C=O) groups excluding carboxylic acids is 2. The van der Waals surface area contributed by atoms with E-state index in [0.717, 1.165) is 12.8 Å². The van der Waals surface area contributed by atoms with Gasteiger partial charge in [-0.25, -0.2) is 9.69 Å². The fourth-order valence-corrected chi connectivity index (χ4v) is 3.27. The molecule has 0 N–H and O–H groups in total. The van der Waals surface area contributed by atoms with Gasteiger partial charge in [-0.05, 0) is 31.4 Å². The fraction of sp³-hybridized carbons (Fsp3) is 0.500. The summed E-state index contributed by atoms with van der Waals surface area (Å²) in [4.78, 5) is 28.2. The molecule has 2 aliphatic heterocycles. The Morgan fingerprint density at radius 2 is 1.74 bits per heavy atom. The van der Waals surface area contributed by atoms with Crippen LogP contribution in [0.3, 0.4) is 0 Å². The molecule has 2 heterocycles. The molecule has 7 nitrogen and oxygen atoms in total. The van der Waals surface area contributed by atoms with Gasteiger partial charge in [-0.1, -0.05) is 0 Å². The lowest BCUT2D eigenvalue weighted by Crippen LogP contribution is -2.39. The first-order valence-corrected chi connectivity index (χ1v) is 7.57. The monoisotopic (exact) mass is 320 g/mol. The van der Waals surface area contributed by atoms with Gasteiger partial charge in [0.15, 0.2) is 11.5 Å². The van der Waals surface area contributed by atoms with E-state index in [-0.39, 0.29) is 18.0 Å². The molecular weight excluding hydrogens is 300 g/mol. The Kier molecular flexibility index (Phi) is 4.02. The smallest absolute Gasteiger partial charge is 0.332 e. The number of benzene rings is 1. The van der Waals surface area contributed by atoms with Gasteiger partial charge >= 0.3 is 6.03 Å². The average Bonchev–Trinajstić information content (AvgIpc) is 2.84. The van der Waals surface area contributed by atoms with Crippen LogP contribution < -0.4 is 19.1 Å².